The van der Waals surface area contributed by atoms with Crippen molar-refractivity contribution in [2.45, 2.75) is 25.0 Å². The molecule has 2 heterocycles. The molecule has 11 nitrogen and oxygen atoms in total. The summed E-state index contributed by atoms with van der Waals surface area (Å²) in [6.07, 6.45) is 0.712. The highest BCUT2D eigenvalue weighted by atomic mass is 16.6. The summed E-state index contributed by atoms with van der Waals surface area (Å²) in [6, 6.07) is 1.51. The maximum Gasteiger partial charge on any atom is 0.351 e. The zero-order chi connectivity index (χ0) is 17.9. The quantitative estimate of drug-likeness (QED) is 0.254. The number of aliphatic imine (C=N–C) groups is 1. The van der Waals surface area contributed by atoms with Gasteiger partial charge >= 0.3 is 5.69 Å². The Morgan fingerprint density at radius 1 is 1.62 bits per heavy atom. The Kier molecular flexibility index (Phi) is 5.20. The van der Waals surface area contributed by atoms with Gasteiger partial charge < -0.3 is 19.8 Å². The Hall–Kier alpha value is -2.46. The molecule has 0 radical (unpaired) electrons. The van der Waals surface area contributed by atoms with Crippen LogP contribution in [0.5, 0.6) is 0 Å². The molecule has 2 N–H and O–H groups in total. The lowest BCUT2D eigenvalue weighted by atomic mass is 9.98. The van der Waals surface area contributed by atoms with E-state index in [1.807, 2.05) is 0 Å². The minimum Gasteiger partial charge on any atom is -0.393 e. The lowest BCUT2D eigenvalue weighted by molar-refractivity contribution is -0.124. The first kappa shape index (κ1) is 17.9. The van der Waals surface area contributed by atoms with Gasteiger partial charge in [0.1, 0.15) is 6.23 Å². The highest BCUT2D eigenvalue weighted by molar-refractivity contribution is 5.58. The summed E-state index contributed by atoms with van der Waals surface area (Å²) in [5.41, 5.74) is 6.16. The number of azide groups is 1. The van der Waals surface area contributed by atoms with E-state index in [9.17, 15) is 15.0 Å². The van der Waals surface area contributed by atoms with Gasteiger partial charge in [0.05, 0.1) is 19.0 Å². The maximum absolute atomic E-state index is 12.2. The second-order valence-electron chi connectivity index (χ2n) is 5.69. The van der Waals surface area contributed by atoms with Gasteiger partial charge in [-0.1, -0.05) is 12.0 Å². The molecule has 1 aromatic heterocycles. The van der Waals surface area contributed by atoms with Crippen LogP contribution in [0.4, 0.5) is 5.82 Å². The van der Waals surface area contributed by atoms with Crippen molar-refractivity contribution < 1.29 is 14.9 Å². The second-order valence-corrected chi connectivity index (χ2v) is 5.69. The van der Waals surface area contributed by atoms with Crippen LogP contribution in [-0.2, 0) is 4.74 Å². The summed E-state index contributed by atoms with van der Waals surface area (Å²) < 4.78 is 6.68. The van der Waals surface area contributed by atoms with Gasteiger partial charge in [-0.3, -0.25) is 4.57 Å². The lowest BCUT2D eigenvalue weighted by Gasteiger charge is -2.24. The Bertz CT molecular complexity index is 727. The van der Waals surface area contributed by atoms with Crippen LogP contribution in [0.1, 0.15) is 13.2 Å². The van der Waals surface area contributed by atoms with Gasteiger partial charge in [0, 0.05) is 31.1 Å². The highest BCUT2D eigenvalue weighted by Gasteiger charge is 2.53. The molecule has 1 aliphatic rings. The van der Waals surface area contributed by atoms with Gasteiger partial charge in [0.25, 0.3) is 0 Å². The van der Waals surface area contributed by atoms with Crippen molar-refractivity contribution in [2.75, 3.05) is 20.7 Å². The molecule has 0 aliphatic carbocycles. The van der Waals surface area contributed by atoms with E-state index in [1.165, 1.54) is 18.6 Å². The predicted molar refractivity (Wildman–Crippen MR) is 84.6 cm³/mol. The normalized spacial score (nSPS) is 29.6. The first-order valence-corrected chi connectivity index (χ1v) is 7.17. The van der Waals surface area contributed by atoms with E-state index >= 15 is 0 Å². The molecule has 0 aromatic carbocycles. The van der Waals surface area contributed by atoms with Crippen molar-refractivity contribution in [1.29, 1.82) is 0 Å². The summed E-state index contributed by atoms with van der Waals surface area (Å²) in [6.45, 7) is 0.899. The molecule has 0 spiro atoms. The molecule has 1 saturated heterocycles. The molecular weight excluding hydrogens is 318 g/mol. The molecule has 0 bridgehead atoms. The summed E-state index contributed by atoms with van der Waals surface area (Å²) in [4.78, 5) is 24.4. The van der Waals surface area contributed by atoms with E-state index in [2.05, 4.69) is 20.0 Å². The van der Waals surface area contributed by atoms with Crippen LogP contribution in [0.2, 0.25) is 0 Å². The van der Waals surface area contributed by atoms with Crippen molar-refractivity contribution >= 4 is 12.2 Å². The third-order valence-electron chi connectivity index (χ3n) is 3.69. The lowest BCUT2D eigenvalue weighted by Crippen LogP contribution is -2.42. The smallest absolute Gasteiger partial charge is 0.351 e. The summed E-state index contributed by atoms with van der Waals surface area (Å²) in [5, 5.41) is 23.1. The highest BCUT2D eigenvalue weighted by Crippen LogP contribution is 2.41. The van der Waals surface area contributed by atoms with Crippen LogP contribution in [0.15, 0.2) is 27.2 Å². The Balaban J connectivity index is 2.35. The van der Waals surface area contributed by atoms with Gasteiger partial charge in [0.2, 0.25) is 0 Å². The topological polar surface area (TPSA) is 149 Å². The summed E-state index contributed by atoms with van der Waals surface area (Å²) in [7, 11) is 3.56. The summed E-state index contributed by atoms with van der Waals surface area (Å²) >= 11 is 0. The van der Waals surface area contributed by atoms with E-state index in [-0.39, 0.29) is 5.82 Å². The average Bonchev–Trinajstić information content (AvgIpc) is 2.79. The molecule has 0 saturated carbocycles. The third kappa shape index (κ3) is 3.24. The Morgan fingerprint density at radius 2 is 2.33 bits per heavy atom. The number of aliphatic hydroxyl groups is 2. The minimum atomic E-state index is -1.83. The number of aromatic nitrogens is 2. The fourth-order valence-electron chi connectivity index (χ4n) is 2.43. The van der Waals surface area contributed by atoms with Crippen LogP contribution in [0.25, 0.3) is 10.4 Å². The fourth-order valence-corrected chi connectivity index (χ4v) is 2.43. The van der Waals surface area contributed by atoms with Crippen LogP contribution < -0.4 is 5.69 Å². The SMILES string of the molecule is C[C@@H]1[C@H](n2ccc(N=CN(C)C)nc2=O)O[C@@](CO)(N=[N+]=[N-])[C@H]1O. The number of nitrogens with zero attached hydrogens (tertiary/aromatic N) is 7. The molecule has 0 amide bonds. The number of aliphatic hydroxyl groups excluding tert-OH is 2. The zero-order valence-electron chi connectivity index (χ0n) is 13.5. The van der Waals surface area contributed by atoms with E-state index in [1.54, 1.807) is 25.9 Å². The van der Waals surface area contributed by atoms with Gasteiger partial charge in [-0.2, -0.15) is 4.98 Å². The fraction of sp³-hybridized carbons (Fsp3) is 0.615. The van der Waals surface area contributed by atoms with Gasteiger partial charge in [-0.25, -0.2) is 9.79 Å². The average molecular weight is 337 g/mol. The third-order valence-corrected chi connectivity index (χ3v) is 3.69. The zero-order valence-corrected chi connectivity index (χ0v) is 13.5. The first-order valence-electron chi connectivity index (χ1n) is 7.17. The minimum absolute atomic E-state index is 0.222. The molecule has 0 unspecified atom stereocenters. The van der Waals surface area contributed by atoms with Crippen molar-refractivity contribution in [2.24, 2.45) is 16.0 Å². The molecule has 1 aromatic rings. The van der Waals surface area contributed by atoms with Crippen molar-refractivity contribution in [1.82, 2.24) is 14.5 Å². The predicted octanol–water partition coefficient (Wildman–Crippen LogP) is -0.0106. The van der Waals surface area contributed by atoms with Crippen molar-refractivity contribution in [3.05, 3.63) is 33.2 Å². The number of hydrogen-bond donors (Lipinski definition) is 2. The van der Waals surface area contributed by atoms with Crippen LogP contribution in [0, 0.1) is 5.92 Å². The van der Waals surface area contributed by atoms with Gasteiger partial charge in [-0.05, 0) is 11.6 Å². The molecule has 2 rings (SSSR count). The number of hydrogen-bond acceptors (Lipinski definition) is 7. The van der Waals surface area contributed by atoms with E-state index < -0.39 is 36.3 Å². The van der Waals surface area contributed by atoms with Crippen molar-refractivity contribution in [3.63, 3.8) is 0 Å². The number of rotatable bonds is 5. The molecule has 1 fully saturated rings. The van der Waals surface area contributed by atoms with E-state index in [0.29, 0.717) is 0 Å². The molecule has 4 atom stereocenters. The number of ether oxygens (including phenoxy) is 1. The molecule has 1 aliphatic heterocycles. The van der Waals surface area contributed by atoms with Crippen molar-refractivity contribution in [3.8, 4) is 0 Å². The largest absolute Gasteiger partial charge is 0.393 e. The Morgan fingerprint density at radius 3 is 2.88 bits per heavy atom. The molecule has 130 valence electrons. The van der Waals surface area contributed by atoms with Crippen LogP contribution >= 0.6 is 0 Å². The van der Waals surface area contributed by atoms with E-state index in [4.69, 9.17) is 10.3 Å². The monoisotopic (exact) mass is 337 g/mol. The van der Waals surface area contributed by atoms with Crippen LogP contribution in [0.3, 0.4) is 0 Å². The molecular formula is C13H19N7O4. The summed E-state index contributed by atoms with van der Waals surface area (Å²) in [5.74, 6) is -0.391. The maximum atomic E-state index is 12.2. The van der Waals surface area contributed by atoms with Crippen LogP contribution in [-0.4, -0.2) is 63.5 Å². The van der Waals surface area contributed by atoms with E-state index in [0.717, 1.165) is 4.57 Å². The van der Waals surface area contributed by atoms with Gasteiger partial charge in [-0.15, -0.1) is 0 Å². The second kappa shape index (κ2) is 6.97. The molecule has 24 heavy (non-hydrogen) atoms. The molecule has 11 heteroatoms. The van der Waals surface area contributed by atoms with Gasteiger partial charge in [0.15, 0.2) is 11.5 Å². The first-order chi connectivity index (χ1) is 11.3. The Labute approximate surface area is 137 Å². The standard InChI is InChI=1S/C13H19N7O4/c1-8-10(22)13(6-21,17-18-14)24-11(8)20-5-4-9(16-12(20)23)15-7-19(2)3/h4-5,7-8,10-11,21-22H,6H2,1-3H3/t8-,10-,11+,13+/m0/s1.